The Bertz CT molecular complexity index is 980. The van der Waals surface area contributed by atoms with Crippen LogP contribution in [-0.4, -0.2) is 87.0 Å². The average Bonchev–Trinajstić information content (AvgIpc) is 3.02. The number of nitrogens with zero attached hydrogens (tertiary/aromatic N) is 2. The van der Waals surface area contributed by atoms with Crippen molar-refractivity contribution in [1.82, 2.24) is 15.3 Å². The van der Waals surface area contributed by atoms with Crippen LogP contribution in [0.5, 0.6) is 0 Å². The molecule has 0 aromatic rings. The van der Waals surface area contributed by atoms with Gasteiger partial charge < -0.3 is 19.1 Å². The van der Waals surface area contributed by atoms with E-state index in [4.69, 9.17) is 13.2 Å². The molecule has 2 atom stereocenters. The van der Waals surface area contributed by atoms with E-state index in [9.17, 15) is 32.4 Å². The van der Waals surface area contributed by atoms with Gasteiger partial charge in [-0.3, -0.25) is 19.7 Å². The Balaban J connectivity index is 1.91. The molecular weight excluding hydrogens is 506 g/mol. The Labute approximate surface area is 208 Å². The first-order valence-corrected chi connectivity index (χ1v) is 12.5. The summed E-state index contributed by atoms with van der Waals surface area (Å²) in [6, 6.07) is -2.71. The number of carbonyl (C=O) groups excluding carboxylic acids is 5. The molecule has 0 aromatic carbocycles. The Morgan fingerprint density at radius 3 is 2.39 bits per heavy atom. The van der Waals surface area contributed by atoms with E-state index in [1.54, 1.807) is 20.8 Å². The molecule has 1 N–H and O–H groups in total. The molecule has 2 rings (SSSR count). The van der Waals surface area contributed by atoms with E-state index in [1.165, 1.54) is 13.8 Å². The minimum absolute atomic E-state index is 0.0399. The number of imide groups is 1. The normalized spacial score (nSPS) is 19.8. The zero-order valence-corrected chi connectivity index (χ0v) is 21.5. The molecule has 2 aliphatic rings. The molecule has 36 heavy (non-hydrogen) atoms. The predicted octanol–water partition coefficient (Wildman–Crippen LogP) is 0.447. The van der Waals surface area contributed by atoms with Crippen LogP contribution < -0.4 is 5.32 Å². The van der Waals surface area contributed by atoms with Gasteiger partial charge >= 0.3 is 34.5 Å². The largest absolute Gasteiger partial charge is 0.466 e. The second kappa shape index (κ2) is 11.8. The van der Waals surface area contributed by atoms with E-state index in [0.29, 0.717) is 5.06 Å². The Morgan fingerprint density at radius 1 is 1.11 bits per heavy atom. The summed E-state index contributed by atoms with van der Waals surface area (Å²) >= 11 is 0. The minimum Gasteiger partial charge on any atom is -0.466 e. The number of piperidine rings is 1. The first-order chi connectivity index (χ1) is 16.7. The molecule has 4 amide bonds. The third-order valence-electron chi connectivity index (χ3n) is 5.28. The molecule has 15 nitrogen and oxygen atoms in total. The number of ether oxygens (including phenoxy) is 3. The molecule has 0 saturated carbocycles. The molecule has 204 valence electrons. The molecule has 16 heteroatoms. The van der Waals surface area contributed by atoms with Crippen LogP contribution in [0.4, 0.5) is 9.59 Å². The van der Waals surface area contributed by atoms with E-state index < -0.39 is 77.2 Å². The van der Waals surface area contributed by atoms with E-state index >= 15 is 0 Å². The molecule has 0 radical (unpaired) electrons. The number of nitrogens with one attached hydrogen (secondary N) is 1. The van der Waals surface area contributed by atoms with E-state index in [2.05, 4.69) is 9.47 Å². The van der Waals surface area contributed by atoms with Crippen molar-refractivity contribution in [3.63, 3.8) is 0 Å². The summed E-state index contributed by atoms with van der Waals surface area (Å²) in [5.41, 5.74) is -1.30. The van der Waals surface area contributed by atoms with Crippen LogP contribution in [0.15, 0.2) is 0 Å². The summed E-state index contributed by atoms with van der Waals surface area (Å²) in [6.45, 7) is 6.38. The van der Waals surface area contributed by atoms with Crippen LogP contribution in [0.2, 0.25) is 0 Å². The summed E-state index contributed by atoms with van der Waals surface area (Å²) in [6.07, 6.45) is -0.890. The van der Waals surface area contributed by atoms with Crippen molar-refractivity contribution < 1.29 is 55.1 Å². The van der Waals surface area contributed by atoms with Gasteiger partial charge in [-0.1, -0.05) is 13.8 Å². The fraction of sp³-hybridized carbons (Fsp3) is 0.750. The molecule has 2 heterocycles. The van der Waals surface area contributed by atoms with Gasteiger partial charge in [0.2, 0.25) is 6.79 Å². The number of alkyl carbamates (subject to hydrolysis) is 1. The maximum Gasteiger partial charge on any atom is 0.421 e. The van der Waals surface area contributed by atoms with Crippen LogP contribution in [-0.2, 0) is 47.5 Å². The number of urea groups is 1. The van der Waals surface area contributed by atoms with Gasteiger partial charge in [0, 0.05) is 6.54 Å². The fourth-order valence-corrected chi connectivity index (χ4v) is 4.12. The van der Waals surface area contributed by atoms with E-state index in [0.717, 1.165) is 4.90 Å². The maximum atomic E-state index is 12.7. The van der Waals surface area contributed by atoms with Crippen molar-refractivity contribution in [1.29, 1.82) is 0 Å². The Morgan fingerprint density at radius 2 is 1.78 bits per heavy atom. The molecule has 2 saturated heterocycles. The molecule has 0 spiro atoms. The number of hydroxylamine groups is 2. The molecule has 0 aromatic heterocycles. The third-order valence-corrected chi connectivity index (χ3v) is 6.03. The highest BCUT2D eigenvalue weighted by molar-refractivity contribution is 7.81. The molecular formula is C20H31N3O12S. The highest BCUT2D eigenvalue weighted by atomic mass is 32.3. The number of amides is 4. The van der Waals surface area contributed by atoms with Crippen molar-refractivity contribution in [2.45, 2.75) is 59.5 Å². The Kier molecular flexibility index (Phi) is 9.62. The highest BCUT2D eigenvalue weighted by Gasteiger charge is 2.50. The minimum atomic E-state index is -4.74. The van der Waals surface area contributed by atoms with Crippen molar-refractivity contribution in [3.8, 4) is 0 Å². The first kappa shape index (κ1) is 29.3. The standard InChI is InChI=1S/C20H31N3O12S/c1-6-31-17(26)20(4,5)10-34-36(29,30)35-23-13-7-8-14(22(9-13)19(23)28)15(24)21-18(27)33-11-32-16(25)12(2)3/h12-14H,6-11H2,1-5H3,(H,21,24,27)/t13-,14+/m1/s1. The zero-order chi connectivity index (χ0) is 27.3. The lowest BCUT2D eigenvalue weighted by Gasteiger charge is -2.28. The summed E-state index contributed by atoms with van der Waals surface area (Å²) in [5, 5.41) is 2.53. The lowest BCUT2D eigenvalue weighted by atomic mass is 9.95. The van der Waals surface area contributed by atoms with E-state index in [1.807, 2.05) is 5.32 Å². The van der Waals surface area contributed by atoms with Gasteiger partial charge in [0.1, 0.15) is 6.04 Å². The topological polar surface area (TPSA) is 184 Å². The van der Waals surface area contributed by atoms with Crippen LogP contribution in [0.3, 0.4) is 0 Å². The smallest absolute Gasteiger partial charge is 0.421 e. The van der Waals surface area contributed by atoms with Crippen molar-refractivity contribution in [2.75, 3.05) is 26.6 Å². The van der Waals surface area contributed by atoms with Crippen LogP contribution in [0.25, 0.3) is 0 Å². The van der Waals surface area contributed by atoms with Crippen LogP contribution in [0.1, 0.15) is 47.5 Å². The number of carbonyl (C=O) groups is 5. The SMILES string of the molecule is CCOC(=O)C(C)(C)COS(=O)(=O)ON1C(=O)N2C[C@H]1CC[C@H]2C(=O)NC(=O)OCOC(=O)C(C)C. The maximum absolute atomic E-state index is 12.7. The number of fused-ring (bicyclic) bond motifs is 2. The lowest BCUT2D eigenvalue weighted by molar-refractivity contribution is -0.156. The summed E-state index contributed by atoms with van der Waals surface area (Å²) in [7, 11) is -4.74. The first-order valence-electron chi connectivity index (χ1n) is 11.2. The number of hydrogen-bond acceptors (Lipinski definition) is 12. The van der Waals surface area contributed by atoms with Gasteiger partial charge in [0.25, 0.3) is 5.91 Å². The molecule has 0 unspecified atom stereocenters. The monoisotopic (exact) mass is 537 g/mol. The number of rotatable bonds is 11. The highest BCUT2D eigenvalue weighted by Crippen LogP contribution is 2.31. The summed E-state index contributed by atoms with van der Waals surface area (Å²) in [4.78, 5) is 61.4. The average molecular weight is 538 g/mol. The third kappa shape index (κ3) is 7.51. The second-order valence-corrected chi connectivity index (χ2v) is 10.2. The lowest BCUT2D eigenvalue weighted by Crippen LogP contribution is -2.51. The van der Waals surface area contributed by atoms with Crippen molar-refractivity contribution in [2.24, 2.45) is 11.3 Å². The quantitative estimate of drug-likeness (QED) is 0.284. The molecule has 0 aliphatic carbocycles. The number of esters is 2. The van der Waals surface area contributed by atoms with Gasteiger partial charge in [0.05, 0.1) is 30.6 Å². The van der Waals surface area contributed by atoms with Crippen LogP contribution >= 0.6 is 0 Å². The van der Waals surface area contributed by atoms with Crippen molar-refractivity contribution in [3.05, 3.63) is 0 Å². The molecule has 2 fully saturated rings. The van der Waals surface area contributed by atoms with Gasteiger partial charge in [-0.2, -0.15) is 13.5 Å². The van der Waals surface area contributed by atoms with Crippen LogP contribution in [0, 0.1) is 11.3 Å². The molecule has 2 aliphatic heterocycles. The van der Waals surface area contributed by atoms with Crippen molar-refractivity contribution >= 4 is 40.4 Å². The van der Waals surface area contributed by atoms with E-state index in [-0.39, 0.29) is 26.0 Å². The zero-order valence-electron chi connectivity index (χ0n) is 20.7. The Hall–Kier alpha value is -2.98. The number of hydrogen-bond donors (Lipinski definition) is 1. The molecule has 2 bridgehead atoms. The van der Waals surface area contributed by atoms with Gasteiger partial charge in [0.15, 0.2) is 0 Å². The fourth-order valence-electron chi connectivity index (χ4n) is 3.26. The summed E-state index contributed by atoms with van der Waals surface area (Å²) in [5.74, 6) is -2.57. The van der Waals surface area contributed by atoms with Gasteiger partial charge in [-0.25, -0.2) is 13.8 Å². The predicted molar refractivity (Wildman–Crippen MR) is 118 cm³/mol. The second-order valence-electron chi connectivity index (χ2n) is 9.01. The summed E-state index contributed by atoms with van der Waals surface area (Å²) < 4.78 is 48.4. The van der Waals surface area contributed by atoms with Gasteiger partial charge in [-0.15, -0.1) is 4.28 Å². The van der Waals surface area contributed by atoms with Gasteiger partial charge in [-0.05, 0) is 33.6 Å².